The van der Waals surface area contributed by atoms with Crippen molar-refractivity contribution in [2.75, 3.05) is 13.1 Å². The Kier molecular flexibility index (Phi) is 4.23. The fourth-order valence-electron chi connectivity index (χ4n) is 4.57. The molecule has 0 radical (unpaired) electrons. The molecule has 5 rings (SSSR count). The average molecular weight is 427 g/mol. The number of amides is 2. The van der Waals surface area contributed by atoms with E-state index in [-0.39, 0.29) is 18.4 Å². The van der Waals surface area contributed by atoms with Crippen molar-refractivity contribution >= 4 is 23.4 Å². The van der Waals surface area contributed by atoms with Gasteiger partial charge >= 0.3 is 0 Å². The van der Waals surface area contributed by atoms with Crippen molar-refractivity contribution in [3.8, 4) is 0 Å². The maximum Gasteiger partial charge on any atom is 0.272 e. The number of carbonyl (C=O) groups is 2. The SMILES string of the molecule is Cc1nocc1C(=O)N1CCN2C(=O)c3ccc(CO)n3CC12c1ccc(Cl)cc1. The normalized spacial score (nSPS) is 20.4. The molecule has 2 aliphatic heterocycles. The molecule has 1 saturated heterocycles. The predicted octanol–water partition coefficient (Wildman–Crippen LogP) is 2.40. The highest BCUT2D eigenvalue weighted by Gasteiger charge is 2.56. The Morgan fingerprint density at radius 1 is 1.23 bits per heavy atom. The minimum absolute atomic E-state index is 0.187. The van der Waals surface area contributed by atoms with Crippen LogP contribution in [0.25, 0.3) is 0 Å². The predicted molar refractivity (Wildman–Crippen MR) is 107 cm³/mol. The lowest BCUT2D eigenvalue weighted by Gasteiger charge is -2.47. The zero-order valence-corrected chi connectivity index (χ0v) is 17.0. The van der Waals surface area contributed by atoms with Gasteiger partial charge < -0.3 is 24.0 Å². The number of aliphatic hydroxyl groups is 1. The molecule has 8 nitrogen and oxygen atoms in total. The topological polar surface area (TPSA) is 91.8 Å². The van der Waals surface area contributed by atoms with E-state index in [0.717, 1.165) is 5.56 Å². The van der Waals surface area contributed by atoms with E-state index in [1.165, 1.54) is 6.26 Å². The molecule has 1 N–H and O–H groups in total. The van der Waals surface area contributed by atoms with Crippen molar-refractivity contribution < 1.29 is 19.2 Å². The van der Waals surface area contributed by atoms with Crippen molar-refractivity contribution in [2.24, 2.45) is 0 Å². The number of hydrogen-bond donors (Lipinski definition) is 1. The summed E-state index contributed by atoms with van der Waals surface area (Å²) in [6.45, 7) is 2.55. The largest absolute Gasteiger partial charge is 0.390 e. The second kappa shape index (κ2) is 6.72. The van der Waals surface area contributed by atoms with Gasteiger partial charge in [0.15, 0.2) is 5.66 Å². The molecule has 0 saturated carbocycles. The summed E-state index contributed by atoms with van der Waals surface area (Å²) in [6, 6.07) is 10.6. The first-order chi connectivity index (χ1) is 14.5. The first-order valence-corrected chi connectivity index (χ1v) is 9.95. The molecule has 2 aliphatic rings. The summed E-state index contributed by atoms with van der Waals surface area (Å²) in [4.78, 5) is 30.4. The van der Waals surface area contributed by atoms with Gasteiger partial charge in [-0.15, -0.1) is 0 Å². The highest BCUT2D eigenvalue weighted by Crippen LogP contribution is 2.44. The van der Waals surface area contributed by atoms with E-state index in [1.807, 2.05) is 12.1 Å². The molecule has 2 aromatic heterocycles. The van der Waals surface area contributed by atoms with Crippen molar-refractivity contribution in [1.29, 1.82) is 0 Å². The van der Waals surface area contributed by atoms with E-state index in [4.69, 9.17) is 16.1 Å². The van der Waals surface area contributed by atoms with E-state index in [1.54, 1.807) is 45.6 Å². The number of hydrogen-bond acceptors (Lipinski definition) is 5. The standard InChI is InChI=1S/C21H19ClN4O4/c1-13-17(11-30-23-13)19(28)25-8-9-26-20(29)18-7-6-16(10-27)24(18)12-21(25,26)14-2-4-15(22)5-3-14/h2-7,11,27H,8-10,12H2,1H3. The smallest absolute Gasteiger partial charge is 0.272 e. The summed E-state index contributed by atoms with van der Waals surface area (Å²) < 4.78 is 6.78. The van der Waals surface area contributed by atoms with Gasteiger partial charge in [0, 0.05) is 29.4 Å². The monoisotopic (exact) mass is 426 g/mol. The van der Waals surface area contributed by atoms with Crippen LogP contribution in [0.3, 0.4) is 0 Å². The Labute approximate surface area is 177 Å². The van der Waals surface area contributed by atoms with Crippen LogP contribution in [0, 0.1) is 6.92 Å². The Morgan fingerprint density at radius 2 is 2.00 bits per heavy atom. The average Bonchev–Trinajstić information content (AvgIpc) is 3.45. The molecule has 2 amide bonds. The summed E-state index contributed by atoms with van der Waals surface area (Å²) in [7, 11) is 0. The summed E-state index contributed by atoms with van der Waals surface area (Å²) in [5.74, 6) is -0.451. The third kappa shape index (κ3) is 2.47. The van der Waals surface area contributed by atoms with Gasteiger partial charge in [-0.1, -0.05) is 28.9 Å². The minimum atomic E-state index is -1.06. The van der Waals surface area contributed by atoms with Gasteiger partial charge in [-0.25, -0.2) is 0 Å². The highest BCUT2D eigenvalue weighted by atomic mass is 35.5. The highest BCUT2D eigenvalue weighted by molar-refractivity contribution is 6.30. The Balaban J connectivity index is 1.72. The van der Waals surface area contributed by atoms with Crippen molar-refractivity contribution in [2.45, 2.75) is 25.7 Å². The van der Waals surface area contributed by atoms with Crippen LogP contribution in [0.15, 0.2) is 47.2 Å². The zero-order valence-electron chi connectivity index (χ0n) is 16.2. The fourth-order valence-corrected chi connectivity index (χ4v) is 4.69. The number of rotatable bonds is 3. The molecular formula is C21H19ClN4O4. The minimum Gasteiger partial charge on any atom is -0.390 e. The van der Waals surface area contributed by atoms with Gasteiger partial charge in [0.25, 0.3) is 11.8 Å². The van der Waals surface area contributed by atoms with Crippen LogP contribution in [0.2, 0.25) is 5.02 Å². The zero-order chi connectivity index (χ0) is 21.0. The number of nitrogens with zero attached hydrogens (tertiary/aromatic N) is 4. The maximum absolute atomic E-state index is 13.5. The van der Waals surface area contributed by atoms with Crippen LogP contribution in [0.5, 0.6) is 0 Å². The Bertz CT molecular complexity index is 1150. The number of fused-ring (bicyclic) bond motifs is 2. The second-order valence-corrected chi connectivity index (χ2v) is 7.94. The third-order valence-electron chi connectivity index (χ3n) is 6.05. The lowest BCUT2D eigenvalue weighted by atomic mass is 9.93. The van der Waals surface area contributed by atoms with Crippen LogP contribution in [0.1, 0.15) is 37.8 Å². The van der Waals surface area contributed by atoms with Crippen LogP contribution >= 0.6 is 11.6 Å². The summed E-state index contributed by atoms with van der Waals surface area (Å²) in [6.07, 6.45) is 1.33. The van der Waals surface area contributed by atoms with Gasteiger partial charge in [0.1, 0.15) is 17.5 Å². The Morgan fingerprint density at radius 3 is 2.67 bits per heavy atom. The second-order valence-electron chi connectivity index (χ2n) is 7.50. The van der Waals surface area contributed by atoms with Gasteiger partial charge in [-0.05, 0) is 31.2 Å². The molecule has 1 fully saturated rings. The molecule has 154 valence electrons. The molecule has 0 aliphatic carbocycles. The van der Waals surface area contributed by atoms with E-state index < -0.39 is 5.66 Å². The maximum atomic E-state index is 13.5. The number of aryl methyl sites for hydroxylation is 1. The van der Waals surface area contributed by atoms with Crippen molar-refractivity contribution in [1.82, 2.24) is 19.5 Å². The van der Waals surface area contributed by atoms with Gasteiger partial charge in [0.05, 0.1) is 18.8 Å². The van der Waals surface area contributed by atoms with E-state index in [9.17, 15) is 14.7 Å². The fraction of sp³-hybridized carbons (Fsp3) is 0.286. The number of halogens is 1. The molecule has 9 heteroatoms. The van der Waals surface area contributed by atoms with Crippen LogP contribution < -0.4 is 0 Å². The molecule has 1 unspecified atom stereocenters. The van der Waals surface area contributed by atoms with Crippen LogP contribution in [0.4, 0.5) is 0 Å². The molecular weight excluding hydrogens is 408 g/mol. The Hall–Kier alpha value is -3.10. The lowest BCUT2D eigenvalue weighted by molar-refractivity contribution is -0.00698. The third-order valence-corrected chi connectivity index (χ3v) is 6.30. The van der Waals surface area contributed by atoms with Crippen molar-refractivity contribution in [3.05, 3.63) is 75.9 Å². The summed E-state index contributed by atoms with van der Waals surface area (Å²) in [5, 5.41) is 14.2. The lowest BCUT2D eigenvalue weighted by Crippen LogP contribution is -2.60. The first kappa shape index (κ1) is 18.9. The van der Waals surface area contributed by atoms with Crippen LogP contribution in [-0.4, -0.2) is 49.5 Å². The number of benzene rings is 1. The van der Waals surface area contributed by atoms with E-state index >= 15 is 0 Å². The molecule has 1 atom stereocenters. The summed E-state index contributed by atoms with van der Waals surface area (Å²) >= 11 is 6.11. The molecule has 3 aromatic rings. The van der Waals surface area contributed by atoms with Gasteiger partial charge in [0.2, 0.25) is 0 Å². The quantitative estimate of drug-likeness (QED) is 0.694. The van der Waals surface area contributed by atoms with E-state index in [2.05, 4.69) is 5.16 Å². The molecule has 0 bridgehead atoms. The first-order valence-electron chi connectivity index (χ1n) is 9.57. The number of aliphatic hydroxyl groups excluding tert-OH is 1. The molecule has 0 spiro atoms. The van der Waals surface area contributed by atoms with Gasteiger partial charge in [-0.2, -0.15) is 0 Å². The molecule has 4 heterocycles. The van der Waals surface area contributed by atoms with E-state index in [0.29, 0.717) is 47.3 Å². The van der Waals surface area contributed by atoms with Crippen LogP contribution in [-0.2, 0) is 18.8 Å². The van der Waals surface area contributed by atoms with Gasteiger partial charge in [-0.3, -0.25) is 9.59 Å². The number of carbonyl (C=O) groups excluding carboxylic acids is 2. The summed E-state index contributed by atoms with van der Waals surface area (Å²) in [5.41, 5.74) is 1.68. The van der Waals surface area contributed by atoms with Crippen molar-refractivity contribution in [3.63, 3.8) is 0 Å². The molecule has 30 heavy (non-hydrogen) atoms. The number of aromatic nitrogens is 2. The molecule has 1 aromatic carbocycles.